The lowest BCUT2D eigenvalue weighted by Gasteiger charge is -2.31. The number of halogens is 1. The van der Waals surface area contributed by atoms with E-state index in [0.717, 1.165) is 44.6 Å². The fourth-order valence-corrected chi connectivity index (χ4v) is 2.74. The maximum Gasteiger partial charge on any atom is 0.123 e. The Morgan fingerprint density at radius 1 is 1.47 bits per heavy atom. The minimum absolute atomic E-state index is 0.147. The topological polar surface area (TPSA) is 21.3 Å². The van der Waals surface area contributed by atoms with Crippen LogP contribution < -0.4 is 5.32 Å². The summed E-state index contributed by atoms with van der Waals surface area (Å²) < 4.78 is 18.9. The normalized spacial score (nSPS) is 21.3. The first-order chi connectivity index (χ1) is 9.29. The van der Waals surface area contributed by atoms with Crippen LogP contribution in [0, 0.1) is 11.7 Å². The summed E-state index contributed by atoms with van der Waals surface area (Å²) in [6.07, 6.45) is 4.34. The van der Waals surface area contributed by atoms with Crippen molar-refractivity contribution < 1.29 is 9.13 Å². The highest BCUT2D eigenvalue weighted by atomic mass is 19.1. The summed E-state index contributed by atoms with van der Waals surface area (Å²) in [5.41, 5.74) is 1.07. The van der Waals surface area contributed by atoms with E-state index in [9.17, 15) is 4.39 Å². The van der Waals surface area contributed by atoms with E-state index in [1.807, 2.05) is 6.07 Å². The molecule has 1 fully saturated rings. The van der Waals surface area contributed by atoms with Gasteiger partial charge in [0, 0.05) is 12.6 Å². The molecule has 2 unspecified atom stereocenters. The van der Waals surface area contributed by atoms with Gasteiger partial charge in [-0.05, 0) is 55.8 Å². The number of ether oxygens (including phenoxy) is 1. The lowest BCUT2D eigenvalue weighted by atomic mass is 9.89. The average Bonchev–Trinajstić information content (AvgIpc) is 2.44. The molecule has 0 spiro atoms. The quantitative estimate of drug-likeness (QED) is 0.853. The molecule has 1 aromatic carbocycles. The lowest BCUT2D eigenvalue weighted by Crippen LogP contribution is -2.42. The first kappa shape index (κ1) is 14.5. The van der Waals surface area contributed by atoms with Crippen molar-refractivity contribution in [3.05, 3.63) is 35.6 Å². The predicted molar refractivity (Wildman–Crippen MR) is 75.7 cm³/mol. The second-order valence-corrected chi connectivity index (χ2v) is 5.37. The Balaban J connectivity index is 1.99. The van der Waals surface area contributed by atoms with Crippen molar-refractivity contribution >= 4 is 0 Å². The van der Waals surface area contributed by atoms with E-state index in [1.165, 1.54) is 12.5 Å². The molecule has 2 nitrogen and oxygen atoms in total. The fraction of sp³-hybridized carbons (Fsp3) is 0.625. The molecule has 106 valence electrons. The van der Waals surface area contributed by atoms with Crippen molar-refractivity contribution in [2.24, 2.45) is 5.92 Å². The average molecular weight is 265 g/mol. The predicted octanol–water partition coefficient (Wildman–Crippen LogP) is 3.16. The number of hydrogen-bond acceptors (Lipinski definition) is 2. The van der Waals surface area contributed by atoms with Crippen molar-refractivity contribution in [3.8, 4) is 0 Å². The Morgan fingerprint density at radius 3 is 3.05 bits per heavy atom. The summed E-state index contributed by atoms with van der Waals surface area (Å²) in [6, 6.07) is 7.33. The van der Waals surface area contributed by atoms with Gasteiger partial charge in [-0.25, -0.2) is 4.39 Å². The van der Waals surface area contributed by atoms with Crippen molar-refractivity contribution in [2.75, 3.05) is 19.8 Å². The molecule has 1 N–H and O–H groups in total. The van der Waals surface area contributed by atoms with E-state index in [2.05, 4.69) is 12.2 Å². The van der Waals surface area contributed by atoms with E-state index in [4.69, 9.17) is 4.74 Å². The Bertz CT molecular complexity index is 377. The summed E-state index contributed by atoms with van der Waals surface area (Å²) >= 11 is 0. The molecular formula is C16H24FNO. The SMILES string of the molecule is CCCNC(Cc1cccc(F)c1)C1CCCOC1. The zero-order valence-electron chi connectivity index (χ0n) is 11.7. The molecule has 2 atom stereocenters. The number of benzene rings is 1. The molecule has 3 heteroatoms. The first-order valence-corrected chi connectivity index (χ1v) is 7.35. The second-order valence-electron chi connectivity index (χ2n) is 5.37. The molecular weight excluding hydrogens is 241 g/mol. The van der Waals surface area contributed by atoms with Crippen molar-refractivity contribution in [1.29, 1.82) is 0 Å². The van der Waals surface area contributed by atoms with Crippen LogP contribution >= 0.6 is 0 Å². The molecule has 1 heterocycles. The first-order valence-electron chi connectivity index (χ1n) is 7.35. The highest BCUT2D eigenvalue weighted by Crippen LogP contribution is 2.20. The van der Waals surface area contributed by atoms with Crippen LogP contribution in [-0.4, -0.2) is 25.8 Å². The van der Waals surface area contributed by atoms with Gasteiger partial charge >= 0.3 is 0 Å². The van der Waals surface area contributed by atoms with Crippen LogP contribution in [0.25, 0.3) is 0 Å². The van der Waals surface area contributed by atoms with E-state index in [1.54, 1.807) is 12.1 Å². The van der Waals surface area contributed by atoms with E-state index in [-0.39, 0.29) is 5.82 Å². The Morgan fingerprint density at radius 2 is 2.37 bits per heavy atom. The third-order valence-corrected chi connectivity index (χ3v) is 3.77. The minimum atomic E-state index is -0.147. The number of rotatable bonds is 6. The van der Waals surface area contributed by atoms with Gasteiger partial charge in [0.1, 0.15) is 5.82 Å². The molecule has 0 saturated carbocycles. The van der Waals surface area contributed by atoms with Gasteiger partial charge in [-0.1, -0.05) is 19.1 Å². The van der Waals surface area contributed by atoms with E-state index >= 15 is 0 Å². The van der Waals surface area contributed by atoms with Crippen LogP contribution in [0.15, 0.2) is 24.3 Å². The molecule has 19 heavy (non-hydrogen) atoms. The van der Waals surface area contributed by atoms with Gasteiger partial charge in [-0.2, -0.15) is 0 Å². The lowest BCUT2D eigenvalue weighted by molar-refractivity contribution is 0.0393. The second kappa shape index (κ2) is 7.61. The third kappa shape index (κ3) is 4.59. The van der Waals surface area contributed by atoms with Gasteiger partial charge in [-0.3, -0.25) is 0 Å². The van der Waals surface area contributed by atoms with Gasteiger partial charge in [0.05, 0.1) is 6.61 Å². The van der Waals surface area contributed by atoms with Crippen LogP contribution in [0.1, 0.15) is 31.7 Å². The molecule has 0 amide bonds. The van der Waals surface area contributed by atoms with Gasteiger partial charge in [0.15, 0.2) is 0 Å². The van der Waals surface area contributed by atoms with Gasteiger partial charge in [0.2, 0.25) is 0 Å². The smallest absolute Gasteiger partial charge is 0.123 e. The van der Waals surface area contributed by atoms with Gasteiger partial charge < -0.3 is 10.1 Å². The van der Waals surface area contributed by atoms with Crippen LogP contribution in [-0.2, 0) is 11.2 Å². The van der Waals surface area contributed by atoms with Crippen molar-refractivity contribution in [3.63, 3.8) is 0 Å². The Kier molecular flexibility index (Phi) is 5.80. The van der Waals surface area contributed by atoms with Crippen molar-refractivity contribution in [2.45, 2.75) is 38.6 Å². The van der Waals surface area contributed by atoms with E-state index in [0.29, 0.717) is 12.0 Å². The molecule has 1 aliphatic rings. The molecule has 0 radical (unpaired) electrons. The summed E-state index contributed by atoms with van der Waals surface area (Å²) in [6.45, 7) is 4.90. The molecule has 0 aromatic heterocycles. The Labute approximate surface area is 115 Å². The number of nitrogens with one attached hydrogen (secondary N) is 1. The molecule has 2 rings (SSSR count). The monoisotopic (exact) mass is 265 g/mol. The molecule has 1 saturated heterocycles. The maximum atomic E-state index is 13.3. The largest absolute Gasteiger partial charge is 0.381 e. The summed E-state index contributed by atoms with van der Waals surface area (Å²) in [5.74, 6) is 0.398. The highest BCUT2D eigenvalue weighted by Gasteiger charge is 2.23. The zero-order valence-corrected chi connectivity index (χ0v) is 11.7. The van der Waals surface area contributed by atoms with Crippen LogP contribution in [0.5, 0.6) is 0 Å². The molecule has 1 aromatic rings. The summed E-state index contributed by atoms with van der Waals surface area (Å²) in [7, 11) is 0. The van der Waals surface area contributed by atoms with Crippen LogP contribution in [0.4, 0.5) is 4.39 Å². The fourth-order valence-electron chi connectivity index (χ4n) is 2.74. The van der Waals surface area contributed by atoms with Crippen molar-refractivity contribution in [1.82, 2.24) is 5.32 Å². The maximum absolute atomic E-state index is 13.3. The molecule has 0 aliphatic carbocycles. The summed E-state index contributed by atoms with van der Waals surface area (Å²) in [5, 5.41) is 3.60. The van der Waals surface area contributed by atoms with Crippen LogP contribution in [0.2, 0.25) is 0 Å². The standard InChI is InChI=1S/C16H24FNO/c1-2-8-18-16(14-6-4-9-19-12-14)11-13-5-3-7-15(17)10-13/h3,5,7,10,14,16,18H,2,4,6,8-9,11-12H2,1H3. The zero-order chi connectivity index (χ0) is 13.5. The van der Waals surface area contributed by atoms with Gasteiger partial charge in [-0.15, -0.1) is 0 Å². The number of hydrogen-bond donors (Lipinski definition) is 1. The molecule has 1 aliphatic heterocycles. The van der Waals surface area contributed by atoms with E-state index < -0.39 is 0 Å². The van der Waals surface area contributed by atoms with Gasteiger partial charge in [0.25, 0.3) is 0 Å². The van der Waals surface area contributed by atoms with Crippen LogP contribution in [0.3, 0.4) is 0 Å². The minimum Gasteiger partial charge on any atom is -0.381 e. The highest BCUT2D eigenvalue weighted by molar-refractivity contribution is 5.17. The Hall–Kier alpha value is -0.930. The molecule has 0 bridgehead atoms. The third-order valence-electron chi connectivity index (χ3n) is 3.77. The summed E-state index contributed by atoms with van der Waals surface area (Å²) in [4.78, 5) is 0.